The third-order valence-electron chi connectivity index (χ3n) is 2.55. The third-order valence-corrected chi connectivity index (χ3v) is 2.55. The number of nitrogens with one attached hydrogen (secondary N) is 2. The highest BCUT2D eigenvalue weighted by molar-refractivity contribution is 5.89. The van der Waals surface area contributed by atoms with Gasteiger partial charge in [0.1, 0.15) is 0 Å². The minimum Gasteiger partial charge on any atom is -0.478 e. The van der Waals surface area contributed by atoms with Crippen LogP contribution in [0.5, 0.6) is 0 Å². The van der Waals surface area contributed by atoms with Crippen molar-refractivity contribution in [2.45, 2.75) is 6.54 Å². The highest BCUT2D eigenvalue weighted by atomic mass is 16.4. The normalized spacial score (nSPS) is 9.80. The van der Waals surface area contributed by atoms with Crippen molar-refractivity contribution in [3.05, 3.63) is 59.9 Å². The number of pyridine rings is 1. The molecule has 0 saturated heterocycles. The van der Waals surface area contributed by atoms with Crippen LogP contribution in [0.25, 0.3) is 0 Å². The maximum absolute atomic E-state index is 11.6. The molecule has 0 fully saturated rings. The van der Waals surface area contributed by atoms with Gasteiger partial charge in [-0.05, 0) is 29.8 Å². The maximum atomic E-state index is 11.6. The number of rotatable bonds is 4. The molecule has 0 aliphatic carbocycles. The van der Waals surface area contributed by atoms with Crippen molar-refractivity contribution in [1.29, 1.82) is 0 Å². The number of carboxylic acid groups (broad SMARTS) is 1. The molecule has 0 spiro atoms. The van der Waals surface area contributed by atoms with E-state index in [0.717, 1.165) is 0 Å². The quantitative estimate of drug-likeness (QED) is 0.794. The summed E-state index contributed by atoms with van der Waals surface area (Å²) in [6.07, 6.45) is 3.14. The lowest BCUT2D eigenvalue weighted by Crippen LogP contribution is -2.28. The Morgan fingerprint density at radius 2 is 2.05 bits per heavy atom. The van der Waals surface area contributed by atoms with Crippen LogP contribution in [0.3, 0.4) is 0 Å². The summed E-state index contributed by atoms with van der Waals surface area (Å²) < 4.78 is 0. The van der Waals surface area contributed by atoms with Gasteiger partial charge >= 0.3 is 12.0 Å². The van der Waals surface area contributed by atoms with Crippen LogP contribution in [0.15, 0.2) is 48.8 Å². The number of anilines is 1. The monoisotopic (exact) mass is 271 g/mol. The molecule has 0 unspecified atom stereocenters. The summed E-state index contributed by atoms with van der Waals surface area (Å²) in [5, 5.41) is 14.1. The first kappa shape index (κ1) is 13.5. The first-order valence-electron chi connectivity index (χ1n) is 5.92. The van der Waals surface area contributed by atoms with Gasteiger partial charge in [0.05, 0.1) is 17.4 Å². The van der Waals surface area contributed by atoms with E-state index in [1.165, 1.54) is 18.3 Å². The summed E-state index contributed by atoms with van der Waals surface area (Å²) in [4.78, 5) is 26.3. The number of hydrogen-bond donors (Lipinski definition) is 3. The first-order chi connectivity index (χ1) is 9.65. The average Bonchev–Trinajstić information content (AvgIpc) is 2.46. The molecule has 0 aliphatic heterocycles. The molecule has 0 atom stereocenters. The molecule has 2 aromatic rings. The minimum absolute atomic E-state index is 0.192. The van der Waals surface area contributed by atoms with Gasteiger partial charge in [0.15, 0.2) is 0 Å². The zero-order chi connectivity index (χ0) is 14.4. The molecule has 102 valence electrons. The van der Waals surface area contributed by atoms with Crippen molar-refractivity contribution < 1.29 is 14.7 Å². The van der Waals surface area contributed by atoms with Crippen LogP contribution >= 0.6 is 0 Å². The lowest BCUT2D eigenvalue weighted by molar-refractivity contribution is 0.0696. The summed E-state index contributed by atoms with van der Waals surface area (Å²) in [5.74, 6) is -0.994. The molecule has 3 N–H and O–H groups in total. The predicted molar refractivity (Wildman–Crippen MR) is 73.5 cm³/mol. The van der Waals surface area contributed by atoms with Gasteiger partial charge in [0.2, 0.25) is 0 Å². The fourth-order valence-electron chi connectivity index (χ4n) is 1.61. The number of urea groups is 1. The standard InChI is InChI=1S/C14H13N3O3/c18-13(19)11-4-1-3-10(7-11)8-16-14(20)17-12-5-2-6-15-9-12/h1-7,9H,8H2,(H,18,19)(H2,16,17,20). The molecular weight excluding hydrogens is 258 g/mol. The zero-order valence-electron chi connectivity index (χ0n) is 10.5. The van der Waals surface area contributed by atoms with Crippen LogP contribution < -0.4 is 10.6 Å². The van der Waals surface area contributed by atoms with E-state index in [0.29, 0.717) is 11.3 Å². The average molecular weight is 271 g/mol. The lowest BCUT2D eigenvalue weighted by atomic mass is 10.1. The number of amides is 2. The Hall–Kier alpha value is -2.89. The zero-order valence-corrected chi connectivity index (χ0v) is 10.5. The number of benzene rings is 1. The van der Waals surface area contributed by atoms with Gasteiger partial charge in [-0.15, -0.1) is 0 Å². The summed E-state index contributed by atoms with van der Waals surface area (Å²) in [6, 6.07) is 9.47. The van der Waals surface area contributed by atoms with E-state index >= 15 is 0 Å². The number of aromatic carboxylic acids is 1. The Morgan fingerprint density at radius 3 is 2.75 bits per heavy atom. The Kier molecular flexibility index (Phi) is 4.28. The fourth-order valence-corrected chi connectivity index (χ4v) is 1.61. The van der Waals surface area contributed by atoms with Gasteiger partial charge in [0.25, 0.3) is 0 Å². The van der Waals surface area contributed by atoms with Gasteiger partial charge < -0.3 is 15.7 Å². The van der Waals surface area contributed by atoms with Crippen LogP contribution in [0.1, 0.15) is 15.9 Å². The van der Waals surface area contributed by atoms with E-state index in [9.17, 15) is 9.59 Å². The second kappa shape index (κ2) is 6.33. The van der Waals surface area contributed by atoms with E-state index in [-0.39, 0.29) is 18.1 Å². The van der Waals surface area contributed by atoms with Crippen LogP contribution in [-0.4, -0.2) is 22.1 Å². The number of carbonyl (C=O) groups excluding carboxylic acids is 1. The Labute approximate surface area is 115 Å². The molecule has 0 bridgehead atoms. The second-order valence-electron chi connectivity index (χ2n) is 4.05. The SMILES string of the molecule is O=C(NCc1cccc(C(=O)O)c1)Nc1cccnc1. The Morgan fingerprint density at radius 1 is 1.20 bits per heavy atom. The van der Waals surface area contributed by atoms with E-state index in [4.69, 9.17) is 5.11 Å². The maximum Gasteiger partial charge on any atom is 0.335 e. The topological polar surface area (TPSA) is 91.3 Å². The molecular formula is C14H13N3O3. The van der Waals surface area contributed by atoms with Crippen molar-refractivity contribution in [2.75, 3.05) is 5.32 Å². The van der Waals surface area contributed by atoms with Crippen molar-refractivity contribution in [3.63, 3.8) is 0 Å². The van der Waals surface area contributed by atoms with Crippen LogP contribution in [0.4, 0.5) is 10.5 Å². The molecule has 20 heavy (non-hydrogen) atoms. The fraction of sp³-hybridized carbons (Fsp3) is 0.0714. The van der Waals surface area contributed by atoms with Gasteiger partial charge in [-0.3, -0.25) is 4.98 Å². The van der Waals surface area contributed by atoms with Gasteiger partial charge in [0, 0.05) is 12.7 Å². The van der Waals surface area contributed by atoms with Crippen molar-refractivity contribution in [2.24, 2.45) is 0 Å². The van der Waals surface area contributed by atoms with Crippen LogP contribution in [0, 0.1) is 0 Å². The molecule has 0 saturated carbocycles. The van der Waals surface area contributed by atoms with Crippen LogP contribution in [-0.2, 0) is 6.54 Å². The van der Waals surface area contributed by atoms with E-state index in [1.54, 1.807) is 30.5 Å². The largest absolute Gasteiger partial charge is 0.478 e. The molecule has 6 heteroatoms. The highest BCUT2D eigenvalue weighted by Crippen LogP contribution is 2.06. The van der Waals surface area contributed by atoms with Gasteiger partial charge in [-0.25, -0.2) is 9.59 Å². The van der Waals surface area contributed by atoms with Gasteiger partial charge in [-0.2, -0.15) is 0 Å². The number of carboxylic acids is 1. The molecule has 0 radical (unpaired) electrons. The number of nitrogens with zero attached hydrogens (tertiary/aromatic N) is 1. The van der Waals surface area contributed by atoms with Crippen LogP contribution in [0.2, 0.25) is 0 Å². The summed E-state index contributed by atoms with van der Waals surface area (Å²) in [7, 11) is 0. The number of carbonyl (C=O) groups is 2. The molecule has 2 rings (SSSR count). The first-order valence-corrected chi connectivity index (χ1v) is 5.92. The molecule has 0 aliphatic rings. The van der Waals surface area contributed by atoms with Crippen molar-refractivity contribution in [3.8, 4) is 0 Å². The summed E-state index contributed by atoms with van der Waals surface area (Å²) in [6.45, 7) is 0.243. The van der Waals surface area contributed by atoms with E-state index in [1.807, 2.05) is 0 Å². The smallest absolute Gasteiger partial charge is 0.335 e. The summed E-state index contributed by atoms with van der Waals surface area (Å²) >= 11 is 0. The minimum atomic E-state index is -0.994. The van der Waals surface area contributed by atoms with Crippen molar-refractivity contribution in [1.82, 2.24) is 10.3 Å². The third kappa shape index (κ3) is 3.81. The number of hydrogen-bond acceptors (Lipinski definition) is 3. The Bertz CT molecular complexity index is 614. The van der Waals surface area contributed by atoms with Crippen molar-refractivity contribution >= 4 is 17.7 Å². The van der Waals surface area contributed by atoms with E-state index < -0.39 is 5.97 Å². The molecule has 1 heterocycles. The lowest BCUT2D eigenvalue weighted by Gasteiger charge is -2.07. The number of aromatic nitrogens is 1. The molecule has 1 aromatic heterocycles. The molecule has 6 nitrogen and oxygen atoms in total. The van der Waals surface area contributed by atoms with Gasteiger partial charge in [-0.1, -0.05) is 12.1 Å². The molecule has 1 aromatic carbocycles. The second-order valence-corrected chi connectivity index (χ2v) is 4.05. The van der Waals surface area contributed by atoms with E-state index in [2.05, 4.69) is 15.6 Å². The summed E-state index contributed by atoms with van der Waals surface area (Å²) in [5.41, 5.74) is 1.49. The molecule has 2 amide bonds. The predicted octanol–water partition coefficient (Wildman–Crippen LogP) is 2.10. The highest BCUT2D eigenvalue weighted by Gasteiger charge is 2.05. The Balaban J connectivity index is 1.90.